The van der Waals surface area contributed by atoms with Crippen LogP contribution in [0.25, 0.3) is 0 Å². The molecule has 0 unspecified atom stereocenters. The van der Waals surface area contributed by atoms with Crippen LogP contribution in [0.15, 0.2) is 48.5 Å². The van der Waals surface area contributed by atoms with Crippen molar-refractivity contribution >= 4 is 24.8 Å². The monoisotopic (exact) mass is 442 g/mol. The molecule has 2 rings (SSSR count). The highest BCUT2D eigenvalue weighted by molar-refractivity contribution is 5.85. The van der Waals surface area contributed by atoms with Crippen molar-refractivity contribution in [1.82, 2.24) is 10.2 Å². The van der Waals surface area contributed by atoms with Crippen molar-refractivity contribution < 1.29 is 9.47 Å². The maximum atomic E-state index is 5.93. The third kappa shape index (κ3) is 10.2. The van der Waals surface area contributed by atoms with Gasteiger partial charge in [0.15, 0.2) is 11.5 Å². The van der Waals surface area contributed by atoms with E-state index >= 15 is 0 Å². The van der Waals surface area contributed by atoms with Crippen molar-refractivity contribution in [3.8, 4) is 11.5 Å². The van der Waals surface area contributed by atoms with Gasteiger partial charge in [0.2, 0.25) is 0 Å². The van der Waals surface area contributed by atoms with Crippen molar-refractivity contribution in [2.45, 2.75) is 33.2 Å². The lowest BCUT2D eigenvalue weighted by Crippen LogP contribution is -2.27. The van der Waals surface area contributed by atoms with Gasteiger partial charge >= 0.3 is 0 Å². The second-order valence-corrected chi connectivity index (χ2v) is 6.63. The number of nitrogens with one attached hydrogen (secondary N) is 1. The van der Waals surface area contributed by atoms with Crippen LogP contribution in [0.4, 0.5) is 0 Å². The van der Waals surface area contributed by atoms with Gasteiger partial charge in [0, 0.05) is 13.0 Å². The molecule has 6 heteroatoms. The van der Waals surface area contributed by atoms with Crippen LogP contribution >= 0.6 is 24.8 Å². The number of nitrogens with zero attached hydrogens (tertiary/aromatic N) is 1. The lowest BCUT2D eigenvalue weighted by atomic mass is 10.1. The molecule has 0 amide bonds. The molecular formula is C23H36Cl2N2O2. The molecule has 0 aliphatic rings. The van der Waals surface area contributed by atoms with Crippen molar-refractivity contribution in [2.75, 3.05) is 39.9 Å². The van der Waals surface area contributed by atoms with Crippen LogP contribution in [0.3, 0.4) is 0 Å². The molecule has 0 aliphatic carbocycles. The molecule has 0 saturated carbocycles. The van der Waals surface area contributed by atoms with Gasteiger partial charge in [-0.05, 0) is 55.9 Å². The molecule has 0 aliphatic heterocycles. The van der Waals surface area contributed by atoms with E-state index in [-0.39, 0.29) is 24.8 Å². The summed E-state index contributed by atoms with van der Waals surface area (Å²) < 4.78 is 11.4. The molecule has 29 heavy (non-hydrogen) atoms. The first-order valence-corrected chi connectivity index (χ1v) is 10.0. The smallest absolute Gasteiger partial charge is 0.161 e. The topological polar surface area (TPSA) is 33.7 Å². The van der Waals surface area contributed by atoms with Crippen LogP contribution in [-0.2, 0) is 13.0 Å². The first kappa shape index (κ1) is 27.5. The number of benzene rings is 2. The molecule has 164 valence electrons. The second kappa shape index (κ2) is 16.3. The minimum absolute atomic E-state index is 0. The van der Waals surface area contributed by atoms with Crippen LogP contribution in [0.2, 0.25) is 0 Å². The zero-order valence-electron chi connectivity index (χ0n) is 17.9. The van der Waals surface area contributed by atoms with Crippen molar-refractivity contribution in [3.05, 3.63) is 59.7 Å². The van der Waals surface area contributed by atoms with Crippen LogP contribution in [0, 0.1) is 0 Å². The Hall–Kier alpha value is -1.46. The predicted molar refractivity (Wildman–Crippen MR) is 127 cm³/mol. The maximum Gasteiger partial charge on any atom is 0.161 e. The summed E-state index contributed by atoms with van der Waals surface area (Å²) in [5.41, 5.74) is 2.49. The lowest BCUT2D eigenvalue weighted by Gasteiger charge is -2.17. The first-order valence-electron chi connectivity index (χ1n) is 10.0. The molecule has 0 aromatic heterocycles. The third-order valence-electron chi connectivity index (χ3n) is 4.77. The number of rotatable bonds is 13. The van der Waals surface area contributed by atoms with Crippen molar-refractivity contribution in [3.63, 3.8) is 0 Å². The predicted octanol–water partition coefficient (Wildman–Crippen LogP) is 4.98. The molecule has 2 aromatic rings. The highest BCUT2D eigenvalue weighted by Crippen LogP contribution is 2.28. The molecule has 4 nitrogen and oxygen atoms in total. The molecule has 0 saturated heterocycles. The Morgan fingerprint density at radius 1 is 0.897 bits per heavy atom. The van der Waals surface area contributed by atoms with Gasteiger partial charge in [0.25, 0.3) is 0 Å². The van der Waals surface area contributed by atoms with E-state index in [1.165, 1.54) is 17.5 Å². The quantitative estimate of drug-likeness (QED) is 0.443. The highest BCUT2D eigenvalue weighted by atomic mass is 35.5. The molecule has 0 atom stereocenters. The number of halogens is 2. The Bertz CT molecular complexity index is 653. The SMILES string of the molecule is CCN(CC)CCCNCc1ccc(OCCc2ccccc2)c(OC)c1.Cl.Cl. The third-order valence-corrected chi connectivity index (χ3v) is 4.77. The van der Waals surface area contributed by atoms with E-state index in [1.807, 2.05) is 12.1 Å². The van der Waals surface area contributed by atoms with Crippen LogP contribution in [0.5, 0.6) is 11.5 Å². The minimum atomic E-state index is 0. The minimum Gasteiger partial charge on any atom is -0.493 e. The Morgan fingerprint density at radius 3 is 2.28 bits per heavy atom. The largest absolute Gasteiger partial charge is 0.493 e. The Labute approximate surface area is 188 Å². The van der Waals surface area contributed by atoms with Gasteiger partial charge in [0.1, 0.15) is 0 Å². The summed E-state index contributed by atoms with van der Waals surface area (Å²) in [5, 5.41) is 3.52. The van der Waals surface area contributed by atoms with E-state index in [9.17, 15) is 0 Å². The van der Waals surface area contributed by atoms with Crippen molar-refractivity contribution in [2.24, 2.45) is 0 Å². The van der Waals surface area contributed by atoms with E-state index in [1.54, 1.807) is 7.11 Å². The molecule has 0 heterocycles. The molecule has 0 bridgehead atoms. The average molecular weight is 443 g/mol. The fourth-order valence-corrected chi connectivity index (χ4v) is 3.06. The zero-order valence-corrected chi connectivity index (χ0v) is 19.5. The summed E-state index contributed by atoms with van der Waals surface area (Å²) in [6.07, 6.45) is 2.05. The summed E-state index contributed by atoms with van der Waals surface area (Å²) in [5.74, 6) is 1.60. The standard InChI is InChI=1S/C23H34N2O2.2ClH/c1-4-25(5-2)16-9-15-24-19-21-12-13-22(23(18-21)26-3)27-17-14-20-10-7-6-8-11-20;;/h6-8,10-13,18,24H,4-5,9,14-17,19H2,1-3H3;2*1H. The summed E-state index contributed by atoms with van der Waals surface area (Å²) in [6, 6.07) is 16.6. The summed E-state index contributed by atoms with van der Waals surface area (Å²) in [6.45, 7) is 10.3. The zero-order chi connectivity index (χ0) is 19.3. The number of ether oxygens (including phenoxy) is 2. The fraction of sp³-hybridized carbons (Fsp3) is 0.478. The summed E-state index contributed by atoms with van der Waals surface area (Å²) in [4.78, 5) is 2.45. The molecule has 1 N–H and O–H groups in total. The maximum absolute atomic E-state index is 5.93. The van der Waals surface area contributed by atoms with Gasteiger partial charge in [-0.2, -0.15) is 0 Å². The van der Waals surface area contributed by atoms with Crippen LogP contribution in [-0.4, -0.2) is 44.8 Å². The van der Waals surface area contributed by atoms with Gasteiger partial charge in [-0.15, -0.1) is 24.8 Å². The van der Waals surface area contributed by atoms with E-state index in [4.69, 9.17) is 9.47 Å². The van der Waals surface area contributed by atoms with E-state index in [0.717, 1.165) is 50.6 Å². The number of methoxy groups -OCH3 is 1. The molecule has 0 spiro atoms. The number of hydrogen-bond donors (Lipinski definition) is 1. The second-order valence-electron chi connectivity index (χ2n) is 6.63. The van der Waals surface area contributed by atoms with Gasteiger partial charge in [-0.25, -0.2) is 0 Å². The van der Waals surface area contributed by atoms with Gasteiger partial charge in [0.05, 0.1) is 13.7 Å². The summed E-state index contributed by atoms with van der Waals surface area (Å²) in [7, 11) is 1.70. The average Bonchev–Trinajstić information content (AvgIpc) is 2.72. The molecule has 0 radical (unpaired) electrons. The van der Waals surface area contributed by atoms with Gasteiger partial charge in [-0.3, -0.25) is 0 Å². The Kier molecular flexibility index (Phi) is 15.5. The first-order chi connectivity index (χ1) is 13.3. The lowest BCUT2D eigenvalue weighted by molar-refractivity contribution is 0.296. The van der Waals surface area contributed by atoms with Gasteiger partial charge < -0.3 is 19.7 Å². The fourth-order valence-electron chi connectivity index (χ4n) is 3.06. The van der Waals surface area contributed by atoms with Gasteiger partial charge in [-0.1, -0.05) is 50.2 Å². The van der Waals surface area contributed by atoms with Crippen LogP contribution < -0.4 is 14.8 Å². The Balaban J connectivity index is 0.00000392. The van der Waals surface area contributed by atoms with Crippen LogP contribution in [0.1, 0.15) is 31.4 Å². The summed E-state index contributed by atoms with van der Waals surface area (Å²) >= 11 is 0. The Morgan fingerprint density at radius 2 is 1.62 bits per heavy atom. The van der Waals surface area contributed by atoms with E-state index < -0.39 is 0 Å². The number of hydrogen-bond acceptors (Lipinski definition) is 4. The van der Waals surface area contributed by atoms with E-state index in [0.29, 0.717) is 6.61 Å². The van der Waals surface area contributed by atoms with Crippen molar-refractivity contribution in [1.29, 1.82) is 0 Å². The molecule has 2 aromatic carbocycles. The normalized spacial score (nSPS) is 10.2. The van der Waals surface area contributed by atoms with E-state index in [2.05, 4.69) is 60.5 Å². The molecular weight excluding hydrogens is 407 g/mol. The molecule has 0 fully saturated rings. The highest BCUT2D eigenvalue weighted by Gasteiger charge is 2.06.